The van der Waals surface area contributed by atoms with E-state index in [9.17, 15) is 0 Å². The van der Waals surface area contributed by atoms with Crippen molar-refractivity contribution in [3.05, 3.63) is 0 Å². The van der Waals surface area contributed by atoms with Crippen LogP contribution in [0.4, 0.5) is 0 Å². The van der Waals surface area contributed by atoms with Gasteiger partial charge in [0.2, 0.25) is 0 Å². The van der Waals surface area contributed by atoms with Gasteiger partial charge in [0.15, 0.2) is 0 Å². The van der Waals surface area contributed by atoms with Crippen LogP contribution < -0.4 is 5.73 Å². The lowest BCUT2D eigenvalue weighted by Crippen LogP contribution is -2.36. The zero-order valence-corrected chi connectivity index (χ0v) is 10.8. The molecule has 0 bridgehead atoms. The molecule has 0 saturated heterocycles. The first kappa shape index (κ1) is 13.9. The van der Waals surface area contributed by atoms with Crippen LogP contribution >= 0.6 is 0 Å². The predicted octanol–water partition coefficient (Wildman–Crippen LogP) is 2.19. The lowest BCUT2D eigenvalue weighted by molar-refractivity contribution is 0.0838. The number of nitrogens with two attached hydrogens (primary N) is 1. The zero-order chi connectivity index (χ0) is 11.8. The van der Waals surface area contributed by atoms with E-state index in [0.717, 1.165) is 38.6 Å². The van der Waals surface area contributed by atoms with Crippen LogP contribution in [0.1, 0.15) is 39.0 Å². The maximum Gasteiger partial charge on any atom is 0.0487 e. The van der Waals surface area contributed by atoms with Crippen LogP contribution in [-0.2, 0) is 9.47 Å². The Balaban J connectivity index is 2.02. The van der Waals surface area contributed by atoms with Crippen molar-refractivity contribution in [3.63, 3.8) is 0 Å². The quantitative estimate of drug-likeness (QED) is 0.681. The van der Waals surface area contributed by atoms with Crippen molar-refractivity contribution in [3.8, 4) is 0 Å². The normalized spacial score (nSPS) is 30.6. The Bertz CT molecular complexity index is 175. The number of hydrogen-bond acceptors (Lipinski definition) is 3. The predicted molar refractivity (Wildman–Crippen MR) is 66.4 cm³/mol. The van der Waals surface area contributed by atoms with Gasteiger partial charge in [-0.3, -0.25) is 0 Å². The number of methoxy groups -OCH3 is 1. The summed E-state index contributed by atoms with van der Waals surface area (Å²) in [7, 11) is 1.72. The van der Waals surface area contributed by atoms with Gasteiger partial charge in [0.25, 0.3) is 0 Å². The first-order valence-corrected chi connectivity index (χ1v) is 6.56. The summed E-state index contributed by atoms with van der Waals surface area (Å²) >= 11 is 0. The van der Waals surface area contributed by atoms with Crippen LogP contribution in [0.15, 0.2) is 0 Å². The average molecular weight is 229 g/mol. The molecule has 3 nitrogen and oxygen atoms in total. The lowest BCUT2D eigenvalue weighted by Gasteiger charge is -2.32. The molecule has 3 heteroatoms. The SMILES string of the molecule is COCCCOCCC1CC(C)CCC1N. The molecule has 0 aliphatic heterocycles. The zero-order valence-electron chi connectivity index (χ0n) is 10.8. The molecule has 0 spiro atoms. The van der Waals surface area contributed by atoms with E-state index < -0.39 is 0 Å². The van der Waals surface area contributed by atoms with Crippen molar-refractivity contribution in [2.75, 3.05) is 26.9 Å². The second-order valence-electron chi connectivity index (χ2n) is 5.09. The Labute approximate surface area is 99.7 Å². The molecule has 0 radical (unpaired) electrons. The maximum atomic E-state index is 6.13. The summed E-state index contributed by atoms with van der Waals surface area (Å²) < 4.78 is 10.6. The standard InChI is InChI=1S/C13H27NO2/c1-11-4-5-13(14)12(10-11)6-9-16-8-3-7-15-2/h11-13H,3-10,14H2,1-2H3. The molecule has 0 aromatic rings. The molecule has 1 fully saturated rings. The van der Waals surface area contributed by atoms with Gasteiger partial charge in [-0.15, -0.1) is 0 Å². The van der Waals surface area contributed by atoms with E-state index in [0.29, 0.717) is 12.0 Å². The lowest BCUT2D eigenvalue weighted by atomic mass is 9.78. The van der Waals surface area contributed by atoms with Crippen LogP contribution in [0.2, 0.25) is 0 Å². The van der Waals surface area contributed by atoms with E-state index in [-0.39, 0.29) is 0 Å². The second-order valence-corrected chi connectivity index (χ2v) is 5.09. The van der Waals surface area contributed by atoms with Crippen molar-refractivity contribution in [2.24, 2.45) is 17.6 Å². The van der Waals surface area contributed by atoms with Gasteiger partial charge in [-0.1, -0.05) is 6.92 Å². The smallest absolute Gasteiger partial charge is 0.0487 e. The third kappa shape index (κ3) is 5.28. The highest BCUT2D eigenvalue weighted by atomic mass is 16.5. The highest BCUT2D eigenvalue weighted by molar-refractivity contribution is 4.80. The number of ether oxygens (including phenoxy) is 2. The Morgan fingerprint density at radius 2 is 2.00 bits per heavy atom. The Morgan fingerprint density at radius 1 is 1.19 bits per heavy atom. The van der Waals surface area contributed by atoms with E-state index in [2.05, 4.69) is 6.92 Å². The molecule has 0 aromatic carbocycles. The van der Waals surface area contributed by atoms with E-state index in [1.54, 1.807) is 7.11 Å². The third-order valence-corrected chi connectivity index (χ3v) is 3.57. The van der Waals surface area contributed by atoms with Crippen molar-refractivity contribution in [1.29, 1.82) is 0 Å². The summed E-state index contributed by atoms with van der Waals surface area (Å²) in [6.45, 7) is 4.79. The highest BCUT2D eigenvalue weighted by Gasteiger charge is 2.25. The van der Waals surface area contributed by atoms with E-state index in [4.69, 9.17) is 15.2 Å². The summed E-state index contributed by atoms with van der Waals surface area (Å²) in [5.41, 5.74) is 6.13. The fourth-order valence-corrected chi connectivity index (χ4v) is 2.50. The summed E-state index contributed by atoms with van der Waals surface area (Å²) in [6, 6.07) is 0.402. The molecule has 3 atom stereocenters. The third-order valence-electron chi connectivity index (χ3n) is 3.57. The van der Waals surface area contributed by atoms with Crippen LogP contribution in [0.25, 0.3) is 0 Å². The Hall–Kier alpha value is -0.120. The molecule has 1 aliphatic rings. The molecule has 16 heavy (non-hydrogen) atoms. The molecule has 0 aromatic heterocycles. The van der Waals surface area contributed by atoms with E-state index in [1.165, 1.54) is 19.3 Å². The second kappa shape index (κ2) is 8.04. The molecule has 0 heterocycles. The molecule has 3 unspecified atom stereocenters. The summed E-state index contributed by atoms with van der Waals surface area (Å²) in [5.74, 6) is 1.52. The average Bonchev–Trinajstić information content (AvgIpc) is 2.28. The van der Waals surface area contributed by atoms with E-state index >= 15 is 0 Å². The van der Waals surface area contributed by atoms with Gasteiger partial charge in [-0.05, 0) is 43.9 Å². The fraction of sp³-hybridized carbons (Fsp3) is 1.00. The van der Waals surface area contributed by atoms with Crippen LogP contribution in [-0.4, -0.2) is 33.0 Å². The molecular formula is C13H27NO2. The minimum atomic E-state index is 0.402. The monoisotopic (exact) mass is 229 g/mol. The number of rotatable bonds is 7. The molecule has 1 aliphatic carbocycles. The minimum Gasteiger partial charge on any atom is -0.385 e. The van der Waals surface area contributed by atoms with Gasteiger partial charge in [0.05, 0.1) is 0 Å². The largest absolute Gasteiger partial charge is 0.385 e. The molecule has 0 amide bonds. The van der Waals surface area contributed by atoms with E-state index in [1.807, 2.05) is 0 Å². The maximum absolute atomic E-state index is 6.13. The van der Waals surface area contributed by atoms with Gasteiger partial charge in [0, 0.05) is 33.0 Å². The Morgan fingerprint density at radius 3 is 2.75 bits per heavy atom. The summed E-state index contributed by atoms with van der Waals surface area (Å²) in [6.07, 6.45) is 5.88. The van der Waals surface area contributed by atoms with Gasteiger partial charge >= 0.3 is 0 Å². The van der Waals surface area contributed by atoms with Gasteiger partial charge < -0.3 is 15.2 Å². The Kier molecular flexibility index (Phi) is 7.01. The van der Waals surface area contributed by atoms with Gasteiger partial charge in [0.1, 0.15) is 0 Å². The minimum absolute atomic E-state index is 0.402. The van der Waals surface area contributed by atoms with Crippen molar-refractivity contribution < 1.29 is 9.47 Å². The number of hydrogen-bond donors (Lipinski definition) is 1. The van der Waals surface area contributed by atoms with Crippen molar-refractivity contribution >= 4 is 0 Å². The first-order valence-electron chi connectivity index (χ1n) is 6.56. The molecule has 1 saturated carbocycles. The first-order chi connectivity index (χ1) is 7.74. The van der Waals surface area contributed by atoms with Crippen LogP contribution in [0, 0.1) is 11.8 Å². The van der Waals surface area contributed by atoms with Crippen LogP contribution in [0.3, 0.4) is 0 Å². The molecule has 96 valence electrons. The molecular weight excluding hydrogens is 202 g/mol. The highest BCUT2D eigenvalue weighted by Crippen LogP contribution is 2.29. The molecule has 1 rings (SSSR count). The van der Waals surface area contributed by atoms with Crippen molar-refractivity contribution in [1.82, 2.24) is 0 Å². The van der Waals surface area contributed by atoms with Crippen LogP contribution in [0.5, 0.6) is 0 Å². The van der Waals surface area contributed by atoms with Gasteiger partial charge in [-0.25, -0.2) is 0 Å². The van der Waals surface area contributed by atoms with Gasteiger partial charge in [-0.2, -0.15) is 0 Å². The fourth-order valence-electron chi connectivity index (χ4n) is 2.50. The molecule has 2 N–H and O–H groups in total. The summed E-state index contributed by atoms with van der Waals surface area (Å²) in [4.78, 5) is 0. The summed E-state index contributed by atoms with van der Waals surface area (Å²) in [5, 5.41) is 0. The van der Waals surface area contributed by atoms with Crippen molar-refractivity contribution in [2.45, 2.75) is 45.1 Å². The topological polar surface area (TPSA) is 44.5 Å².